The summed E-state index contributed by atoms with van der Waals surface area (Å²) in [6.07, 6.45) is -7.74. The predicted molar refractivity (Wildman–Crippen MR) is 35.0 cm³/mol. The van der Waals surface area contributed by atoms with Crippen LogP contribution in [0.15, 0.2) is 0 Å². The van der Waals surface area contributed by atoms with E-state index < -0.39 is 23.7 Å². The van der Waals surface area contributed by atoms with E-state index in [1.54, 1.807) is 0 Å². The molecule has 0 saturated carbocycles. The van der Waals surface area contributed by atoms with E-state index in [0.29, 0.717) is 6.92 Å². The molecule has 11 heteroatoms. The number of alkyl halides is 3. The predicted octanol–water partition coefficient (Wildman–Crippen LogP) is 3.78. The van der Waals surface area contributed by atoms with Crippen LogP contribution in [0.4, 0.5) is 38.9 Å². The molecule has 0 aromatic carbocycles. The summed E-state index contributed by atoms with van der Waals surface area (Å²) in [7, 11) is 0. The Hall–Kier alpha value is -0.320. The second kappa shape index (κ2) is 7.04. The lowest BCUT2D eigenvalue weighted by molar-refractivity contribution is -0.189. The first-order chi connectivity index (χ1) is 4.63. The first-order valence-electron chi connectivity index (χ1n) is 2.30. The molecular formula is C3H7F9OS. The van der Waals surface area contributed by atoms with Crippen LogP contribution < -0.4 is 0 Å². The zero-order valence-corrected chi connectivity index (χ0v) is 7.20. The van der Waals surface area contributed by atoms with Crippen LogP contribution in [0, 0.1) is 0 Å². The Kier molecular flexibility index (Phi) is 11.8. The fraction of sp³-hybridized carbons (Fsp3) is 1.00. The Morgan fingerprint density at radius 1 is 1.00 bits per heavy atom. The largest absolute Gasteiger partial charge is 0.415 e. The molecule has 1 unspecified atom stereocenters. The van der Waals surface area contributed by atoms with Crippen LogP contribution in [0.25, 0.3) is 0 Å². The van der Waals surface area contributed by atoms with Crippen LogP contribution in [-0.2, 0) is 4.18 Å². The Bertz CT molecular complexity index is 129. The average Bonchev–Trinajstić information content (AvgIpc) is 1.56. The standard InChI is InChI=1S/C3H4F6OS.3FH/c1-2(3(4,5)6)10-11(7,8)9;;;/h2H,1H3;3*1H. The fourth-order valence-corrected chi connectivity index (χ4v) is 0.655. The third kappa shape index (κ3) is 11.7. The molecule has 0 aromatic heterocycles. The molecule has 0 aromatic rings. The monoisotopic (exact) mass is 262 g/mol. The van der Waals surface area contributed by atoms with Gasteiger partial charge in [0.05, 0.1) is 0 Å². The fourth-order valence-electron chi connectivity index (χ4n) is 0.218. The van der Waals surface area contributed by atoms with Crippen molar-refractivity contribution in [2.45, 2.75) is 19.2 Å². The molecule has 0 saturated heterocycles. The summed E-state index contributed by atoms with van der Waals surface area (Å²) in [5, 5.41) is 0. The minimum absolute atomic E-state index is 0. The van der Waals surface area contributed by atoms with Gasteiger partial charge in [-0.15, -0.1) is 0 Å². The zero-order chi connectivity index (χ0) is 9.28. The molecule has 0 aliphatic heterocycles. The number of rotatable bonds is 2. The molecule has 1 atom stereocenters. The molecule has 0 aliphatic rings. The van der Waals surface area contributed by atoms with Crippen molar-refractivity contribution in [2.75, 3.05) is 0 Å². The van der Waals surface area contributed by atoms with Crippen molar-refractivity contribution in [3.63, 3.8) is 0 Å². The summed E-state index contributed by atoms with van der Waals surface area (Å²) in [4.78, 5) is 0. The van der Waals surface area contributed by atoms with Crippen LogP contribution >= 0.6 is 11.5 Å². The van der Waals surface area contributed by atoms with Crippen molar-refractivity contribution < 1.29 is 43.1 Å². The summed E-state index contributed by atoms with van der Waals surface area (Å²) >= 11 is -6.03. The van der Waals surface area contributed by atoms with E-state index >= 15 is 0 Å². The van der Waals surface area contributed by atoms with Crippen molar-refractivity contribution >= 4 is 11.5 Å². The maximum atomic E-state index is 11.4. The minimum Gasteiger partial charge on any atom is -0.269 e. The summed E-state index contributed by atoms with van der Waals surface area (Å²) in [5.74, 6) is 0. The lowest BCUT2D eigenvalue weighted by Gasteiger charge is -2.18. The van der Waals surface area contributed by atoms with Gasteiger partial charge in [0, 0.05) is 0 Å². The second-order valence-corrected chi connectivity index (χ2v) is 2.56. The molecule has 14 heavy (non-hydrogen) atoms. The van der Waals surface area contributed by atoms with E-state index in [1.165, 1.54) is 0 Å². The molecule has 0 heterocycles. The van der Waals surface area contributed by atoms with Crippen LogP contribution in [0.2, 0.25) is 0 Å². The molecule has 0 aliphatic carbocycles. The second-order valence-electron chi connectivity index (χ2n) is 1.64. The molecule has 0 N–H and O–H groups in total. The molecular weight excluding hydrogens is 255 g/mol. The SMILES string of the molecule is CC(OS(F)(F)F)C(F)(F)F.F.F.F. The van der Waals surface area contributed by atoms with E-state index in [4.69, 9.17) is 0 Å². The Morgan fingerprint density at radius 2 is 1.29 bits per heavy atom. The van der Waals surface area contributed by atoms with E-state index in [9.17, 15) is 24.8 Å². The van der Waals surface area contributed by atoms with Crippen LogP contribution in [0.3, 0.4) is 0 Å². The molecule has 0 rings (SSSR count). The van der Waals surface area contributed by atoms with E-state index in [0.717, 1.165) is 0 Å². The van der Waals surface area contributed by atoms with Gasteiger partial charge < -0.3 is 0 Å². The van der Waals surface area contributed by atoms with Gasteiger partial charge in [-0.1, -0.05) is 11.7 Å². The summed E-state index contributed by atoms with van der Waals surface area (Å²) in [6.45, 7) is 0.306. The van der Waals surface area contributed by atoms with Crippen LogP contribution in [-0.4, -0.2) is 12.3 Å². The summed E-state index contributed by atoms with van der Waals surface area (Å²) in [5.41, 5.74) is 0. The van der Waals surface area contributed by atoms with Crippen molar-refractivity contribution in [3.05, 3.63) is 0 Å². The Morgan fingerprint density at radius 3 is 1.36 bits per heavy atom. The van der Waals surface area contributed by atoms with Gasteiger partial charge in [0.15, 0.2) is 6.10 Å². The molecule has 1 nitrogen and oxygen atoms in total. The number of hydrogen-bond donors (Lipinski definition) is 0. The number of halogens is 9. The molecule has 0 bridgehead atoms. The molecule has 0 spiro atoms. The van der Waals surface area contributed by atoms with E-state index in [1.807, 2.05) is 0 Å². The van der Waals surface area contributed by atoms with Crippen molar-refractivity contribution in [1.29, 1.82) is 0 Å². The van der Waals surface area contributed by atoms with Gasteiger partial charge in [0.25, 0.3) is 0 Å². The molecule has 0 fully saturated rings. The van der Waals surface area contributed by atoms with Gasteiger partial charge in [0.2, 0.25) is 0 Å². The van der Waals surface area contributed by atoms with Gasteiger partial charge in [0.1, 0.15) is 0 Å². The first-order valence-corrected chi connectivity index (χ1v) is 3.56. The van der Waals surface area contributed by atoms with Crippen molar-refractivity contribution in [3.8, 4) is 0 Å². The van der Waals surface area contributed by atoms with Gasteiger partial charge in [-0.3, -0.25) is 14.1 Å². The van der Waals surface area contributed by atoms with Gasteiger partial charge in [-0.25, -0.2) is 4.18 Å². The number of hydrogen-bond acceptors (Lipinski definition) is 1. The highest BCUT2D eigenvalue weighted by atomic mass is 32.4. The Labute approximate surface area is 74.9 Å². The third-order valence-electron chi connectivity index (χ3n) is 0.714. The highest BCUT2D eigenvalue weighted by Crippen LogP contribution is 2.56. The van der Waals surface area contributed by atoms with Gasteiger partial charge >= 0.3 is 17.6 Å². The maximum absolute atomic E-state index is 11.4. The summed E-state index contributed by atoms with van der Waals surface area (Å²) < 4.78 is 70.5. The first kappa shape index (κ1) is 23.5. The molecule has 0 radical (unpaired) electrons. The lowest BCUT2D eigenvalue weighted by atomic mass is 10.4. The van der Waals surface area contributed by atoms with Crippen molar-refractivity contribution in [1.82, 2.24) is 0 Å². The van der Waals surface area contributed by atoms with Gasteiger partial charge in [-0.05, 0) is 6.92 Å². The molecule has 0 amide bonds. The highest BCUT2D eigenvalue weighted by Gasteiger charge is 2.42. The smallest absolute Gasteiger partial charge is 0.269 e. The van der Waals surface area contributed by atoms with E-state index in [-0.39, 0.29) is 14.1 Å². The Balaban J connectivity index is -0.000000167. The normalized spacial score (nSPS) is 14.2. The average molecular weight is 262 g/mol. The third-order valence-corrected chi connectivity index (χ3v) is 1.22. The minimum atomic E-state index is -6.03. The quantitative estimate of drug-likeness (QED) is 0.688. The maximum Gasteiger partial charge on any atom is 0.415 e. The topological polar surface area (TPSA) is 9.23 Å². The zero-order valence-electron chi connectivity index (χ0n) is 6.39. The molecule has 94 valence electrons. The van der Waals surface area contributed by atoms with E-state index in [2.05, 4.69) is 4.18 Å². The highest BCUT2D eigenvalue weighted by molar-refractivity contribution is 8.16. The lowest BCUT2D eigenvalue weighted by Crippen LogP contribution is -2.27. The summed E-state index contributed by atoms with van der Waals surface area (Å²) in [6, 6.07) is 0. The van der Waals surface area contributed by atoms with Crippen molar-refractivity contribution in [2.24, 2.45) is 0 Å². The van der Waals surface area contributed by atoms with Crippen LogP contribution in [0.5, 0.6) is 0 Å². The van der Waals surface area contributed by atoms with Crippen LogP contribution in [0.1, 0.15) is 6.92 Å². The van der Waals surface area contributed by atoms with Gasteiger partial charge in [-0.2, -0.15) is 13.2 Å².